The number of halogens is 1. The second kappa shape index (κ2) is 3.97. The van der Waals surface area contributed by atoms with Crippen molar-refractivity contribution in [2.75, 3.05) is 0 Å². The number of rotatable bonds is 2. The molecule has 0 saturated heterocycles. The highest BCUT2D eigenvalue weighted by Gasteiger charge is 2.08. The molecule has 86 valence electrons. The molecule has 0 spiro atoms. The number of aliphatic hydroxyl groups excluding tert-OH is 1. The van der Waals surface area contributed by atoms with Gasteiger partial charge in [-0.1, -0.05) is 0 Å². The fourth-order valence-corrected chi connectivity index (χ4v) is 2.11. The van der Waals surface area contributed by atoms with Crippen molar-refractivity contribution in [1.29, 1.82) is 0 Å². The third kappa shape index (κ3) is 1.65. The number of pyridine rings is 1. The van der Waals surface area contributed by atoms with Crippen molar-refractivity contribution in [2.24, 2.45) is 0 Å². The minimum absolute atomic E-state index is 0.0806. The molecule has 0 fully saturated rings. The maximum atomic E-state index is 9.18. The van der Waals surface area contributed by atoms with E-state index in [-0.39, 0.29) is 6.73 Å². The van der Waals surface area contributed by atoms with Crippen LogP contribution in [0, 0.1) is 0 Å². The number of aliphatic hydroxyl groups is 1. The zero-order valence-electron chi connectivity index (χ0n) is 8.79. The van der Waals surface area contributed by atoms with Crippen molar-refractivity contribution in [3.8, 4) is 5.69 Å². The predicted molar refractivity (Wildman–Crippen MR) is 66.8 cm³/mol. The lowest BCUT2D eigenvalue weighted by molar-refractivity contribution is 0.215. The van der Waals surface area contributed by atoms with E-state index in [1.807, 2.05) is 18.3 Å². The Balaban J connectivity index is 2.26. The van der Waals surface area contributed by atoms with Crippen molar-refractivity contribution in [3.63, 3.8) is 0 Å². The van der Waals surface area contributed by atoms with E-state index in [0.717, 1.165) is 21.2 Å². The molecule has 0 aromatic carbocycles. The molecule has 3 heterocycles. The lowest BCUT2D eigenvalue weighted by Crippen LogP contribution is -1.98. The van der Waals surface area contributed by atoms with Crippen LogP contribution in [0.5, 0.6) is 0 Å². The minimum atomic E-state index is -0.0806. The fraction of sp³-hybridized carbons (Fsp3) is 0.0909. The Morgan fingerprint density at radius 1 is 1.35 bits per heavy atom. The van der Waals surface area contributed by atoms with E-state index in [1.54, 1.807) is 27.8 Å². The standard InChI is InChI=1S/C11H9BrN4O/c12-8-5-14-16(6-8)10-1-3-13-11-9(10)2-4-15(11)7-17/h1-6,17H,7H2. The van der Waals surface area contributed by atoms with Gasteiger partial charge in [0.2, 0.25) is 0 Å². The summed E-state index contributed by atoms with van der Waals surface area (Å²) in [5.41, 5.74) is 1.68. The molecule has 0 atom stereocenters. The van der Waals surface area contributed by atoms with Gasteiger partial charge in [-0.05, 0) is 28.1 Å². The largest absolute Gasteiger partial charge is 0.376 e. The summed E-state index contributed by atoms with van der Waals surface area (Å²) in [5.74, 6) is 0. The monoisotopic (exact) mass is 292 g/mol. The Morgan fingerprint density at radius 2 is 2.24 bits per heavy atom. The maximum absolute atomic E-state index is 9.18. The van der Waals surface area contributed by atoms with Crippen LogP contribution in [0.25, 0.3) is 16.7 Å². The van der Waals surface area contributed by atoms with E-state index in [4.69, 9.17) is 0 Å². The summed E-state index contributed by atoms with van der Waals surface area (Å²) in [6, 6.07) is 3.81. The first kappa shape index (κ1) is 10.5. The highest BCUT2D eigenvalue weighted by molar-refractivity contribution is 9.10. The number of fused-ring (bicyclic) bond motifs is 1. The van der Waals surface area contributed by atoms with Gasteiger partial charge in [-0.25, -0.2) is 9.67 Å². The van der Waals surface area contributed by atoms with Crippen LogP contribution in [0.1, 0.15) is 0 Å². The van der Waals surface area contributed by atoms with Gasteiger partial charge in [-0.3, -0.25) is 0 Å². The first-order valence-corrected chi connectivity index (χ1v) is 5.84. The van der Waals surface area contributed by atoms with Gasteiger partial charge < -0.3 is 9.67 Å². The molecule has 5 nitrogen and oxygen atoms in total. The minimum Gasteiger partial charge on any atom is -0.376 e. The summed E-state index contributed by atoms with van der Waals surface area (Å²) in [6.45, 7) is -0.0806. The second-order valence-electron chi connectivity index (χ2n) is 3.60. The molecule has 0 aliphatic carbocycles. The van der Waals surface area contributed by atoms with Gasteiger partial charge in [0.15, 0.2) is 0 Å². The van der Waals surface area contributed by atoms with Crippen LogP contribution in [0.2, 0.25) is 0 Å². The summed E-state index contributed by atoms with van der Waals surface area (Å²) in [5, 5.41) is 14.4. The van der Waals surface area contributed by atoms with Gasteiger partial charge in [-0.2, -0.15) is 5.10 Å². The summed E-state index contributed by atoms with van der Waals surface area (Å²) < 4.78 is 4.37. The molecule has 6 heteroatoms. The van der Waals surface area contributed by atoms with Gasteiger partial charge in [0.25, 0.3) is 0 Å². The lowest BCUT2D eigenvalue weighted by atomic mass is 10.3. The Kier molecular flexibility index (Phi) is 2.45. The van der Waals surface area contributed by atoms with Crippen molar-refractivity contribution >= 4 is 27.0 Å². The smallest absolute Gasteiger partial charge is 0.143 e. The molecular weight excluding hydrogens is 284 g/mol. The van der Waals surface area contributed by atoms with Crippen LogP contribution in [0.4, 0.5) is 0 Å². The lowest BCUT2D eigenvalue weighted by Gasteiger charge is -2.04. The molecule has 0 amide bonds. The van der Waals surface area contributed by atoms with Crippen LogP contribution < -0.4 is 0 Å². The molecule has 0 unspecified atom stereocenters. The molecule has 0 aliphatic heterocycles. The predicted octanol–water partition coefficient (Wildman–Crippen LogP) is 1.93. The van der Waals surface area contributed by atoms with Crippen LogP contribution in [0.3, 0.4) is 0 Å². The van der Waals surface area contributed by atoms with E-state index in [9.17, 15) is 5.11 Å². The zero-order chi connectivity index (χ0) is 11.8. The average Bonchev–Trinajstić information content (AvgIpc) is 2.94. The summed E-state index contributed by atoms with van der Waals surface area (Å²) in [6.07, 6.45) is 7.12. The molecule has 3 aromatic rings. The average molecular weight is 293 g/mol. The van der Waals surface area contributed by atoms with Crippen LogP contribution in [0.15, 0.2) is 41.4 Å². The van der Waals surface area contributed by atoms with Gasteiger partial charge in [0.05, 0.1) is 16.4 Å². The zero-order valence-corrected chi connectivity index (χ0v) is 10.4. The van der Waals surface area contributed by atoms with Crippen molar-refractivity contribution in [1.82, 2.24) is 19.3 Å². The Morgan fingerprint density at radius 3 is 2.94 bits per heavy atom. The SMILES string of the molecule is OCn1ccc2c(-n3cc(Br)cn3)ccnc21. The molecule has 17 heavy (non-hydrogen) atoms. The Hall–Kier alpha value is -1.66. The quantitative estimate of drug-likeness (QED) is 0.785. The van der Waals surface area contributed by atoms with Crippen molar-refractivity contribution < 1.29 is 5.11 Å². The van der Waals surface area contributed by atoms with Crippen molar-refractivity contribution in [3.05, 3.63) is 41.4 Å². The van der Waals surface area contributed by atoms with E-state index in [0.29, 0.717) is 0 Å². The van der Waals surface area contributed by atoms with E-state index in [2.05, 4.69) is 26.0 Å². The highest BCUT2D eigenvalue weighted by Crippen LogP contribution is 2.22. The molecule has 3 rings (SSSR count). The first-order valence-electron chi connectivity index (χ1n) is 5.05. The first-order chi connectivity index (χ1) is 8.29. The molecule has 0 radical (unpaired) electrons. The Bertz CT molecular complexity index is 673. The van der Waals surface area contributed by atoms with E-state index >= 15 is 0 Å². The number of hydrogen-bond acceptors (Lipinski definition) is 3. The number of nitrogens with zero attached hydrogens (tertiary/aromatic N) is 4. The highest BCUT2D eigenvalue weighted by atomic mass is 79.9. The topological polar surface area (TPSA) is 55.9 Å². The third-order valence-corrected chi connectivity index (χ3v) is 3.00. The number of hydrogen-bond donors (Lipinski definition) is 1. The van der Waals surface area contributed by atoms with Gasteiger partial charge in [0.1, 0.15) is 12.4 Å². The van der Waals surface area contributed by atoms with Crippen molar-refractivity contribution in [2.45, 2.75) is 6.73 Å². The van der Waals surface area contributed by atoms with Crippen LogP contribution >= 0.6 is 15.9 Å². The van der Waals surface area contributed by atoms with Gasteiger partial charge >= 0.3 is 0 Å². The van der Waals surface area contributed by atoms with Crippen LogP contribution in [-0.2, 0) is 6.73 Å². The molecular formula is C11H9BrN4O. The van der Waals surface area contributed by atoms with E-state index < -0.39 is 0 Å². The summed E-state index contributed by atoms with van der Waals surface area (Å²) in [7, 11) is 0. The molecule has 1 N–H and O–H groups in total. The number of aromatic nitrogens is 4. The normalized spacial score (nSPS) is 11.2. The molecule has 0 saturated carbocycles. The fourth-order valence-electron chi connectivity index (χ4n) is 1.82. The maximum Gasteiger partial charge on any atom is 0.143 e. The van der Waals surface area contributed by atoms with Crippen LogP contribution in [-0.4, -0.2) is 24.4 Å². The van der Waals surface area contributed by atoms with Gasteiger partial charge in [0, 0.05) is 24.0 Å². The molecule has 0 bridgehead atoms. The summed E-state index contributed by atoms with van der Waals surface area (Å²) >= 11 is 3.37. The summed E-state index contributed by atoms with van der Waals surface area (Å²) in [4.78, 5) is 4.26. The molecule has 3 aromatic heterocycles. The molecule has 0 aliphatic rings. The van der Waals surface area contributed by atoms with Gasteiger partial charge in [-0.15, -0.1) is 0 Å². The second-order valence-corrected chi connectivity index (χ2v) is 4.51. The third-order valence-electron chi connectivity index (χ3n) is 2.59. The van der Waals surface area contributed by atoms with E-state index in [1.165, 1.54) is 0 Å². The Labute approximate surface area is 105 Å².